The van der Waals surface area contributed by atoms with Crippen LogP contribution < -0.4 is 0 Å². The number of hydrogen-bond donors (Lipinski definition) is 0. The molecule has 2 fully saturated rings. The second-order valence-corrected chi connectivity index (χ2v) is 6.86. The van der Waals surface area contributed by atoms with Gasteiger partial charge in [0, 0.05) is 4.32 Å². The van der Waals surface area contributed by atoms with Crippen LogP contribution in [0.1, 0.15) is 70.6 Å². The van der Waals surface area contributed by atoms with Crippen molar-refractivity contribution in [1.29, 1.82) is 0 Å². The molecule has 0 atom stereocenters. The summed E-state index contributed by atoms with van der Waals surface area (Å²) in [5, 5.41) is 0. The summed E-state index contributed by atoms with van der Waals surface area (Å²) < 4.78 is 0.603. The average molecular weight is 259 g/mol. The lowest BCUT2D eigenvalue weighted by atomic mass is 9.89. The molecule has 0 saturated heterocycles. The summed E-state index contributed by atoms with van der Waals surface area (Å²) in [5.74, 6) is 1.00. The molecule has 0 bridgehead atoms. The highest BCUT2D eigenvalue weighted by Gasteiger charge is 2.45. The van der Waals surface area contributed by atoms with E-state index in [2.05, 4.69) is 15.9 Å². The maximum Gasteiger partial charge on any atom is 0.0287 e. The normalized spacial score (nSPS) is 29.8. The Morgan fingerprint density at radius 2 is 1.14 bits per heavy atom. The Bertz CT molecular complexity index is 162. The van der Waals surface area contributed by atoms with E-state index in [9.17, 15) is 0 Å². The van der Waals surface area contributed by atoms with E-state index in [4.69, 9.17) is 0 Å². The zero-order chi connectivity index (χ0) is 9.86. The molecule has 0 aromatic carbocycles. The molecule has 14 heavy (non-hydrogen) atoms. The minimum Gasteiger partial charge on any atom is -0.0850 e. The first kappa shape index (κ1) is 11.0. The van der Waals surface area contributed by atoms with Gasteiger partial charge in [0.25, 0.3) is 0 Å². The largest absolute Gasteiger partial charge is 0.0850 e. The Balaban J connectivity index is 1.81. The molecule has 0 nitrogen and oxygen atoms in total. The van der Waals surface area contributed by atoms with E-state index in [-0.39, 0.29) is 0 Å². The highest BCUT2D eigenvalue weighted by atomic mass is 79.9. The van der Waals surface area contributed by atoms with Gasteiger partial charge in [-0.2, -0.15) is 0 Å². The van der Waals surface area contributed by atoms with Gasteiger partial charge in [0.2, 0.25) is 0 Å². The van der Waals surface area contributed by atoms with E-state index in [1.165, 1.54) is 70.6 Å². The Morgan fingerprint density at radius 3 is 1.57 bits per heavy atom. The maximum absolute atomic E-state index is 3.96. The fourth-order valence-electron chi connectivity index (χ4n) is 2.85. The average Bonchev–Trinajstić information content (AvgIpc) is 2.94. The van der Waals surface area contributed by atoms with Crippen molar-refractivity contribution in [3.8, 4) is 0 Å². The first-order valence-corrected chi connectivity index (χ1v) is 7.29. The molecule has 2 saturated carbocycles. The zero-order valence-corrected chi connectivity index (χ0v) is 10.8. The van der Waals surface area contributed by atoms with Gasteiger partial charge < -0.3 is 0 Å². The van der Waals surface area contributed by atoms with Gasteiger partial charge in [-0.1, -0.05) is 60.9 Å². The van der Waals surface area contributed by atoms with Gasteiger partial charge in [0.1, 0.15) is 0 Å². The molecule has 0 N–H and O–H groups in total. The Labute approximate surface area is 97.0 Å². The van der Waals surface area contributed by atoms with Crippen LogP contribution in [0.25, 0.3) is 0 Å². The summed E-state index contributed by atoms with van der Waals surface area (Å²) in [6.45, 7) is 0. The maximum atomic E-state index is 3.96. The molecule has 0 heterocycles. The quantitative estimate of drug-likeness (QED) is 0.578. The van der Waals surface area contributed by atoms with Gasteiger partial charge in [0.05, 0.1) is 0 Å². The lowest BCUT2D eigenvalue weighted by Crippen LogP contribution is -2.16. The van der Waals surface area contributed by atoms with E-state index < -0.39 is 0 Å². The molecule has 2 aliphatic carbocycles. The number of alkyl halides is 1. The molecule has 0 aliphatic heterocycles. The van der Waals surface area contributed by atoms with Crippen molar-refractivity contribution >= 4 is 15.9 Å². The Morgan fingerprint density at radius 1 is 0.714 bits per heavy atom. The van der Waals surface area contributed by atoms with Crippen molar-refractivity contribution in [1.82, 2.24) is 0 Å². The molecule has 0 unspecified atom stereocenters. The van der Waals surface area contributed by atoms with Crippen LogP contribution in [0, 0.1) is 5.92 Å². The third-order valence-electron chi connectivity index (χ3n) is 4.06. The first-order valence-electron chi connectivity index (χ1n) is 6.50. The van der Waals surface area contributed by atoms with Crippen molar-refractivity contribution in [3.05, 3.63) is 0 Å². The molecule has 2 aliphatic rings. The third kappa shape index (κ3) is 2.98. The summed E-state index contributed by atoms with van der Waals surface area (Å²) in [4.78, 5) is 0. The van der Waals surface area contributed by atoms with Crippen molar-refractivity contribution in [2.24, 2.45) is 5.92 Å². The molecule has 1 heteroatoms. The predicted molar refractivity (Wildman–Crippen MR) is 65.9 cm³/mol. The number of hydrogen-bond acceptors (Lipinski definition) is 0. The molecule has 0 aromatic rings. The van der Waals surface area contributed by atoms with Crippen LogP contribution in [0.2, 0.25) is 0 Å². The zero-order valence-electron chi connectivity index (χ0n) is 9.23. The second-order valence-electron chi connectivity index (χ2n) is 5.28. The summed E-state index contributed by atoms with van der Waals surface area (Å²) in [5.41, 5.74) is 0. The summed E-state index contributed by atoms with van der Waals surface area (Å²) in [7, 11) is 0. The van der Waals surface area contributed by atoms with Crippen LogP contribution in [0.5, 0.6) is 0 Å². The minimum absolute atomic E-state index is 0.603. The smallest absolute Gasteiger partial charge is 0.0287 e. The van der Waals surface area contributed by atoms with E-state index in [1.54, 1.807) is 0 Å². The van der Waals surface area contributed by atoms with E-state index in [0.29, 0.717) is 4.32 Å². The molecule has 0 spiro atoms. The van der Waals surface area contributed by atoms with Crippen LogP contribution in [-0.4, -0.2) is 4.32 Å². The standard InChI is InChI=1S/C13H23Br/c14-13(10-11-13)12-8-6-4-2-1-3-5-7-9-12/h12H,1-11H2. The molecular formula is C13H23Br. The van der Waals surface area contributed by atoms with Crippen molar-refractivity contribution in [3.63, 3.8) is 0 Å². The van der Waals surface area contributed by atoms with Gasteiger partial charge in [-0.05, 0) is 31.6 Å². The SMILES string of the molecule is BrC1(C2CCCCCCCCC2)CC1. The van der Waals surface area contributed by atoms with Crippen molar-refractivity contribution < 1.29 is 0 Å². The second kappa shape index (κ2) is 5.01. The topological polar surface area (TPSA) is 0 Å². The van der Waals surface area contributed by atoms with Gasteiger partial charge in [-0.15, -0.1) is 0 Å². The highest BCUT2D eigenvalue weighted by Crippen LogP contribution is 2.53. The van der Waals surface area contributed by atoms with Crippen molar-refractivity contribution in [2.75, 3.05) is 0 Å². The summed E-state index contributed by atoms with van der Waals surface area (Å²) in [6.07, 6.45) is 16.3. The van der Waals surface area contributed by atoms with Gasteiger partial charge in [-0.25, -0.2) is 0 Å². The fraction of sp³-hybridized carbons (Fsp3) is 1.00. The van der Waals surface area contributed by atoms with Gasteiger partial charge in [0.15, 0.2) is 0 Å². The minimum atomic E-state index is 0.603. The van der Waals surface area contributed by atoms with Crippen LogP contribution in [0.4, 0.5) is 0 Å². The number of halogens is 1. The van der Waals surface area contributed by atoms with Crippen LogP contribution >= 0.6 is 15.9 Å². The van der Waals surface area contributed by atoms with Crippen molar-refractivity contribution in [2.45, 2.75) is 75.0 Å². The van der Waals surface area contributed by atoms with Crippen LogP contribution in [0.15, 0.2) is 0 Å². The predicted octanol–water partition coefficient (Wildman–Crippen LogP) is 5.05. The monoisotopic (exact) mass is 258 g/mol. The van der Waals surface area contributed by atoms with E-state index in [1.807, 2.05) is 0 Å². The Hall–Kier alpha value is 0.480. The summed E-state index contributed by atoms with van der Waals surface area (Å²) in [6, 6.07) is 0. The lowest BCUT2D eigenvalue weighted by molar-refractivity contribution is 0.374. The molecule has 0 radical (unpaired) electrons. The highest BCUT2D eigenvalue weighted by molar-refractivity contribution is 9.10. The number of rotatable bonds is 1. The van der Waals surface area contributed by atoms with Gasteiger partial charge >= 0.3 is 0 Å². The molecule has 2 rings (SSSR count). The van der Waals surface area contributed by atoms with Gasteiger partial charge in [-0.3, -0.25) is 0 Å². The molecule has 82 valence electrons. The van der Waals surface area contributed by atoms with Crippen LogP contribution in [-0.2, 0) is 0 Å². The fourth-order valence-corrected chi connectivity index (χ4v) is 3.51. The summed E-state index contributed by atoms with van der Waals surface area (Å²) >= 11 is 3.96. The molecule has 0 aromatic heterocycles. The van der Waals surface area contributed by atoms with E-state index >= 15 is 0 Å². The van der Waals surface area contributed by atoms with Crippen LogP contribution in [0.3, 0.4) is 0 Å². The first-order chi connectivity index (χ1) is 6.81. The molecular weight excluding hydrogens is 236 g/mol. The molecule has 0 amide bonds. The lowest BCUT2D eigenvalue weighted by Gasteiger charge is -2.23. The van der Waals surface area contributed by atoms with E-state index in [0.717, 1.165) is 5.92 Å². The Kier molecular flexibility index (Phi) is 3.93. The third-order valence-corrected chi connectivity index (χ3v) is 5.50.